The van der Waals surface area contributed by atoms with Gasteiger partial charge in [-0.2, -0.15) is 5.10 Å². The average molecular weight is 269 g/mol. The maximum atomic E-state index is 11.8. The first kappa shape index (κ1) is 15.1. The quantitative estimate of drug-likeness (QED) is 0.571. The number of rotatable bonds is 7. The van der Waals surface area contributed by atoms with Gasteiger partial charge in [0.1, 0.15) is 6.20 Å². The van der Waals surface area contributed by atoms with E-state index in [1.165, 1.54) is 10.9 Å². The normalized spacial score (nSPS) is 10.7. The number of nitrogens with one attached hydrogen (secondary N) is 1. The van der Waals surface area contributed by atoms with Crippen molar-refractivity contribution in [3.05, 3.63) is 22.0 Å². The van der Waals surface area contributed by atoms with Crippen LogP contribution in [0.4, 0.5) is 5.69 Å². The predicted molar refractivity (Wildman–Crippen MR) is 70.0 cm³/mol. The molecule has 1 rings (SSSR count). The molecule has 1 aromatic heterocycles. The fourth-order valence-corrected chi connectivity index (χ4v) is 1.72. The molecule has 0 aliphatic rings. The van der Waals surface area contributed by atoms with Crippen molar-refractivity contribution in [3.8, 4) is 0 Å². The Labute approximate surface area is 111 Å². The number of aromatic nitrogens is 2. The van der Waals surface area contributed by atoms with E-state index in [2.05, 4.69) is 15.3 Å². The Hall–Kier alpha value is -1.96. The third-order valence-corrected chi connectivity index (χ3v) is 2.83. The van der Waals surface area contributed by atoms with E-state index in [0.29, 0.717) is 13.1 Å². The van der Waals surface area contributed by atoms with E-state index in [1.807, 2.05) is 13.8 Å². The van der Waals surface area contributed by atoms with Gasteiger partial charge in [0.2, 0.25) is 5.69 Å². The van der Waals surface area contributed by atoms with E-state index in [4.69, 9.17) is 0 Å². The molecule has 8 heteroatoms. The maximum absolute atomic E-state index is 11.8. The summed E-state index contributed by atoms with van der Waals surface area (Å²) in [6.07, 6.45) is 1.22. The number of carbonyl (C=O) groups excluding carboxylic acids is 1. The van der Waals surface area contributed by atoms with Gasteiger partial charge in [-0.25, -0.2) is 0 Å². The summed E-state index contributed by atoms with van der Waals surface area (Å²) in [5.74, 6) is -0.514. The summed E-state index contributed by atoms with van der Waals surface area (Å²) in [7, 11) is 1.54. The minimum Gasteiger partial charge on any atom is -0.349 e. The van der Waals surface area contributed by atoms with Crippen molar-refractivity contribution >= 4 is 11.6 Å². The molecular formula is C11H19N5O3. The first-order chi connectivity index (χ1) is 8.99. The molecule has 1 heterocycles. The van der Waals surface area contributed by atoms with Gasteiger partial charge in [-0.15, -0.1) is 0 Å². The summed E-state index contributed by atoms with van der Waals surface area (Å²) >= 11 is 0. The number of aryl methyl sites for hydroxylation is 1. The highest BCUT2D eigenvalue weighted by atomic mass is 16.6. The Morgan fingerprint density at radius 1 is 1.53 bits per heavy atom. The molecule has 19 heavy (non-hydrogen) atoms. The van der Waals surface area contributed by atoms with Crippen molar-refractivity contribution < 1.29 is 9.72 Å². The van der Waals surface area contributed by atoms with E-state index >= 15 is 0 Å². The lowest BCUT2D eigenvalue weighted by Crippen LogP contribution is -2.35. The molecule has 1 amide bonds. The number of amides is 1. The number of hydrogen-bond acceptors (Lipinski definition) is 5. The van der Waals surface area contributed by atoms with Gasteiger partial charge < -0.3 is 10.2 Å². The molecule has 106 valence electrons. The van der Waals surface area contributed by atoms with E-state index in [9.17, 15) is 14.9 Å². The van der Waals surface area contributed by atoms with Gasteiger partial charge >= 0.3 is 5.69 Å². The van der Waals surface area contributed by atoms with E-state index in [-0.39, 0.29) is 11.4 Å². The molecule has 8 nitrogen and oxygen atoms in total. The van der Waals surface area contributed by atoms with E-state index in [1.54, 1.807) is 7.05 Å². The van der Waals surface area contributed by atoms with Crippen molar-refractivity contribution in [1.29, 1.82) is 0 Å². The zero-order valence-electron chi connectivity index (χ0n) is 11.4. The van der Waals surface area contributed by atoms with Crippen molar-refractivity contribution in [2.24, 2.45) is 7.05 Å². The topological polar surface area (TPSA) is 93.3 Å². The highest BCUT2D eigenvalue weighted by Gasteiger charge is 2.24. The van der Waals surface area contributed by atoms with Gasteiger partial charge in [-0.3, -0.25) is 19.6 Å². The highest BCUT2D eigenvalue weighted by Crippen LogP contribution is 2.15. The smallest absolute Gasteiger partial charge is 0.320 e. The standard InChI is InChI=1S/C11H19N5O3/c1-4-15(5-2)7-6-12-11(17)10-9(16(18)19)8-14(3)13-10/h8H,4-7H2,1-3H3,(H,12,17). The van der Waals surface area contributed by atoms with Crippen LogP contribution < -0.4 is 5.32 Å². The van der Waals surface area contributed by atoms with Crippen molar-refractivity contribution in [2.45, 2.75) is 13.8 Å². The van der Waals surface area contributed by atoms with Gasteiger partial charge in [0.15, 0.2) is 0 Å². The van der Waals surface area contributed by atoms with Gasteiger partial charge in [0.25, 0.3) is 5.91 Å². The monoisotopic (exact) mass is 269 g/mol. The summed E-state index contributed by atoms with van der Waals surface area (Å²) in [6, 6.07) is 0. The molecule has 0 atom stereocenters. The fourth-order valence-electron chi connectivity index (χ4n) is 1.72. The van der Waals surface area contributed by atoms with Crippen LogP contribution in [0.3, 0.4) is 0 Å². The Bertz CT molecular complexity index is 453. The van der Waals surface area contributed by atoms with Gasteiger partial charge in [-0.05, 0) is 13.1 Å². The molecule has 1 aromatic rings. The zero-order valence-corrected chi connectivity index (χ0v) is 11.4. The van der Waals surface area contributed by atoms with Crippen LogP contribution in [-0.2, 0) is 7.05 Å². The second-order valence-corrected chi connectivity index (χ2v) is 4.08. The van der Waals surface area contributed by atoms with Gasteiger partial charge in [-0.1, -0.05) is 13.8 Å². The van der Waals surface area contributed by atoms with Crippen LogP contribution in [0.2, 0.25) is 0 Å². The molecule has 0 aromatic carbocycles. The summed E-state index contributed by atoms with van der Waals surface area (Å²) in [5.41, 5.74) is -0.421. The molecule has 0 unspecified atom stereocenters. The molecule has 0 saturated carbocycles. The molecule has 0 bridgehead atoms. The number of likely N-dealkylation sites (N-methyl/N-ethyl adjacent to an activating group) is 1. The lowest BCUT2D eigenvalue weighted by Gasteiger charge is -2.17. The fraction of sp³-hybridized carbons (Fsp3) is 0.636. The Morgan fingerprint density at radius 2 is 2.16 bits per heavy atom. The molecule has 1 N–H and O–H groups in total. The summed E-state index contributed by atoms with van der Waals surface area (Å²) in [6.45, 7) is 7.02. The second kappa shape index (κ2) is 6.83. The molecule has 0 saturated heterocycles. The number of hydrogen-bond donors (Lipinski definition) is 1. The van der Waals surface area contributed by atoms with Crippen molar-refractivity contribution in [1.82, 2.24) is 20.0 Å². The molecular weight excluding hydrogens is 250 g/mol. The first-order valence-corrected chi connectivity index (χ1v) is 6.18. The number of nitro groups is 1. The Morgan fingerprint density at radius 3 is 2.68 bits per heavy atom. The van der Waals surface area contributed by atoms with Crippen LogP contribution in [0.15, 0.2) is 6.20 Å². The van der Waals surface area contributed by atoms with E-state index in [0.717, 1.165) is 13.1 Å². The van der Waals surface area contributed by atoms with Crippen molar-refractivity contribution in [3.63, 3.8) is 0 Å². The van der Waals surface area contributed by atoms with Crippen molar-refractivity contribution in [2.75, 3.05) is 26.2 Å². The lowest BCUT2D eigenvalue weighted by atomic mass is 10.3. The minimum absolute atomic E-state index is 0.146. The third kappa shape index (κ3) is 4.02. The summed E-state index contributed by atoms with van der Waals surface area (Å²) < 4.78 is 1.26. The van der Waals surface area contributed by atoms with Crippen LogP contribution in [0, 0.1) is 10.1 Å². The maximum Gasteiger partial charge on any atom is 0.320 e. The molecule has 0 spiro atoms. The van der Waals surface area contributed by atoms with Crippen LogP contribution >= 0.6 is 0 Å². The van der Waals surface area contributed by atoms with Gasteiger partial charge in [0.05, 0.1) is 4.92 Å². The molecule has 0 radical (unpaired) electrons. The third-order valence-electron chi connectivity index (χ3n) is 2.83. The summed E-state index contributed by atoms with van der Waals surface area (Å²) in [4.78, 5) is 24.2. The lowest BCUT2D eigenvalue weighted by molar-refractivity contribution is -0.385. The van der Waals surface area contributed by atoms with Crippen LogP contribution in [-0.4, -0.2) is 51.7 Å². The number of nitrogens with zero attached hydrogens (tertiary/aromatic N) is 4. The Balaban J connectivity index is 2.61. The van der Waals surface area contributed by atoms with Crippen LogP contribution in [0.1, 0.15) is 24.3 Å². The van der Waals surface area contributed by atoms with Gasteiger partial charge in [0, 0.05) is 20.1 Å². The summed E-state index contributed by atoms with van der Waals surface area (Å²) in [5, 5.41) is 17.2. The molecule has 0 aliphatic heterocycles. The number of carbonyl (C=O) groups is 1. The van der Waals surface area contributed by atoms with Crippen LogP contribution in [0.5, 0.6) is 0 Å². The first-order valence-electron chi connectivity index (χ1n) is 6.18. The predicted octanol–water partition coefficient (Wildman–Crippen LogP) is 0.400. The van der Waals surface area contributed by atoms with Crippen LogP contribution in [0.25, 0.3) is 0 Å². The second-order valence-electron chi connectivity index (χ2n) is 4.08. The Kier molecular flexibility index (Phi) is 5.43. The molecule has 0 fully saturated rings. The SMILES string of the molecule is CCN(CC)CCNC(=O)c1nn(C)cc1[N+](=O)[O-]. The van der Waals surface area contributed by atoms with E-state index < -0.39 is 10.8 Å². The largest absolute Gasteiger partial charge is 0.349 e. The molecule has 0 aliphatic carbocycles. The minimum atomic E-state index is -0.605. The average Bonchev–Trinajstić information content (AvgIpc) is 2.77. The highest BCUT2D eigenvalue weighted by molar-refractivity contribution is 5.95. The zero-order chi connectivity index (χ0) is 14.4.